The Morgan fingerprint density at radius 2 is 1.87 bits per heavy atom. The van der Waals surface area contributed by atoms with Crippen molar-refractivity contribution >= 4 is 5.78 Å². The van der Waals surface area contributed by atoms with Gasteiger partial charge in [0.2, 0.25) is 0 Å². The Labute approximate surface area is 92.9 Å². The minimum atomic E-state index is 0.181. The smallest absolute Gasteiger partial charge is 0.152 e. The fourth-order valence-electron chi connectivity index (χ4n) is 3.83. The Hall–Kier alpha value is -0.590. The van der Waals surface area contributed by atoms with E-state index < -0.39 is 0 Å². The number of allylic oxidation sites excluding steroid dienone is 2. The van der Waals surface area contributed by atoms with Crippen LogP contribution in [0.4, 0.5) is 0 Å². The molecule has 0 spiro atoms. The summed E-state index contributed by atoms with van der Waals surface area (Å²) in [7, 11) is 0. The first-order valence-electron chi connectivity index (χ1n) is 6.03. The molecule has 0 amide bonds. The van der Waals surface area contributed by atoms with Crippen molar-refractivity contribution in [3.63, 3.8) is 0 Å². The molecule has 2 fully saturated rings. The van der Waals surface area contributed by atoms with Gasteiger partial charge in [0.25, 0.3) is 0 Å². The molecule has 0 unspecified atom stereocenters. The van der Waals surface area contributed by atoms with E-state index in [0.717, 1.165) is 0 Å². The van der Waals surface area contributed by atoms with Gasteiger partial charge in [-0.05, 0) is 48.5 Å². The molecule has 2 rings (SSSR count). The molecule has 2 saturated carbocycles. The predicted octanol–water partition coefficient (Wildman–Crippen LogP) is 3.74. The first-order chi connectivity index (χ1) is 6.83. The molecule has 0 aliphatic heterocycles. The molecule has 0 aromatic carbocycles. The topological polar surface area (TPSA) is 17.1 Å². The lowest BCUT2D eigenvalue weighted by Crippen LogP contribution is -2.32. The summed E-state index contributed by atoms with van der Waals surface area (Å²) in [5.74, 6) is 0.181. The van der Waals surface area contributed by atoms with Gasteiger partial charge in [0.1, 0.15) is 0 Å². The van der Waals surface area contributed by atoms with Crippen LogP contribution in [0.25, 0.3) is 0 Å². The zero-order valence-corrected chi connectivity index (χ0v) is 10.4. The van der Waals surface area contributed by atoms with Gasteiger partial charge in [0.05, 0.1) is 0 Å². The van der Waals surface area contributed by atoms with E-state index in [1.165, 1.54) is 25.7 Å². The summed E-state index contributed by atoms with van der Waals surface area (Å²) in [6, 6.07) is 0. The number of hydrogen-bond acceptors (Lipinski definition) is 1. The number of hydrogen-bond donors (Lipinski definition) is 0. The van der Waals surface area contributed by atoms with Crippen molar-refractivity contribution in [1.29, 1.82) is 0 Å². The van der Waals surface area contributed by atoms with Crippen LogP contribution in [0.5, 0.6) is 0 Å². The number of carbonyl (C=O) groups is 1. The second kappa shape index (κ2) is 2.96. The maximum atomic E-state index is 11.1. The van der Waals surface area contributed by atoms with Crippen LogP contribution < -0.4 is 0 Å². The fourth-order valence-corrected chi connectivity index (χ4v) is 3.83. The van der Waals surface area contributed by atoms with E-state index in [2.05, 4.69) is 26.8 Å². The predicted molar refractivity (Wildman–Crippen MR) is 62.6 cm³/mol. The summed E-state index contributed by atoms with van der Waals surface area (Å²) in [6.07, 6.45) is 9.26. The minimum absolute atomic E-state index is 0.181. The van der Waals surface area contributed by atoms with Crippen LogP contribution in [-0.2, 0) is 4.79 Å². The van der Waals surface area contributed by atoms with Crippen LogP contribution in [0.1, 0.15) is 53.4 Å². The molecule has 0 saturated heterocycles. The Kier molecular flexibility index (Phi) is 2.15. The molecule has 2 aliphatic rings. The molecule has 0 radical (unpaired) electrons. The summed E-state index contributed by atoms with van der Waals surface area (Å²) in [5.41, 5.74) is 1.15. The summed E-state index contributed by atoms with van der Waals surface area (Å²) < 4.78 is 0. The van der Waals surface area contributed by atoms with Gasteiger partial charge in [-0.25, -0.2) is 0 Å². The highest BCUT2D eigenvalue weighted by Crippen LogP contribution is 2.78. The molecule has 15 heavy (non-hydrogen) atoms. The normalized spacial score (nSPS) is 42.7. The second-order valence-corrected chi connectivity index (χ2v) is 6.39. The van der Waals surface area contributed by atoms with E-state index in [4.69, 9.17) is 0 Å². The van der Waals surface area contributed by atoms with Gasteiger partial charge in [-0.3, -0.25) is 4.79 Å². The van der Waals surface area contributed by atoms with E-state index in [9.17, 15) is 4.79 Å². The lowest BCUT2D eigenvalue weighted by atomic mass is 9.63. The lowest BCUT2D eigenvalue weighted by Gasteiger charge is -2.41. The molecule has 2 aliphatic carbocycles. The molecule has 0 bridgehead atoms. The third-order valence-electron chi connectivity index (χ3n) is 4.96. The monoisotopic (exact) mass is 206 g/mol. The van der Waals surface area contributed by atoms with E-state index in [-0.39, 0.29) is 5.78 Å². The third kappa shape index (κ3) is 1.39. The van der Waals surface area contributed by atoms with Crippen LogP contribution in [0.2, 0.25) is 0 Å². The summed E-state index contributed by atoms with van der Waals surface area (Å²) in [5, 5.41) is 0. The quantitative estimate of drug-likeness (QED) is 0.629. The molecule has 0 aromatic heterocycles. The molecule has 0 N–H and O–H groups in total. The molecular formula is C14H22O. The van der Waals surface area contributed by atoms with E-state index in [0.29, 0.717) is 16.2 Å². The van der Waals surface area contributed by atoms with Crippen molar-refractivity contribution in [3.8, 4) is 0 Å². The van der Waals surface area contributed by atoms with Gasteiger partial charge < -0.3 is 0 Å². The molecule has 84 valence electrons. The molecule has 2 atom stereocenters. The highest BCUT2D eigenvalue weighted by atomic mass is 16.1. The second-order valence-electron chi connectivity index (χ2n) is 6.39. The summed E-state index contributed by atoms with van der Waals surface area (Å²) >= 11 is 0. The zero-order chi connectivity index (χ0) is 11.3. The fraction of sp³-hybridized carbons (Fsp3) is 0.786. The number of rotatable bonds is 2. The maximum Gasteiger partial charge on any atom is 0.152 e. The summed E-state index contributed by atoms with van der Waals surface area (Å²) in [6.45, 7) is 8.75. The lowest BCUT2D eigenvalue weighted by molar-refractivity contribution is -0.112. The van der Waals surface area contributed by atoms with Gasteiger partial charge >= 0.3 is 0 Å². The van der Waals surface area contributed by atoms with Crippen molar-refractivity contribution in [1.82, 2.24) is 0 Å². The van der Waals surface area contributed by atoms with E-state index in [1.54, 1.807) is 13.0 Å². The Balaban J connectivity index is 2.29. The van der Waals surface area contributed by atoms with Crippen LogP contribution in [0.3, 0.4) is 0 Å². The first-order valence-corrected chi connectivity index (χ1v) is 6.03. The Bertz CT molecular complexity index is 326. The minimum Gasteiger partial charge on any atom is -0.295 e. The number of fused-ring (bicyclic) bond motifs is 1. The first kappa shape index (κ1) is 10.9. The van der Waals surface area contributed by atoms with Crippen LogP contribution in [0.15, 0.2) is 12.2 Å². The van der Waals surface area contributed by atoms with Crippen LogP contribution in [-0.4, -0.2) is 5.78 Å². The molecule has 0 heterocycles. The van der Waals surface area contributed by atoms with Crippen molar-refractivity contribution in [2.45, 2.75) is 53.4 Å². The zero-order valence-electron chi connectivity index (χ0n) is 10.4. The number of carbonyl (C=O) groups excluding carboxylic acids is 1. The SMILES string of the molecule is CC(=O)/C=C/[C@@]12C[C@]1(C)CCCC2(C)C. The van der Waals surface area contributed by atoms with Crippen molar-refractivity contribution in [2.24, 2.45) is 16.2 Å². The Morgan fingerprint density at radius 1 is 1.20 bits per heavy atom. The maximum absolute atomic E-state index is 11.1. The molecular weight excluding hydrogens is 184 g/mol. The van der Waals surface area contributed by atoms with Crippen molar-refractivity contribution in [2.75, 3.05) is 0 Å². The molecule has 1 heteroatoms. The van der Waals surface area contributed by atoms with Crippen molar-refractivity contribution < 1.29 is 4.79 Å². The molecule has 1 nitrogen and oxygen atoms in total. The Morgan fingerprint density at radius 3 is 2.40 bits per heavy atom. The van der Waals surface area contributed by atoms with Gasteiger partial charge in [0, 0.05) is 0 Å². The molecule has 0 aromatic rings. The van der Waals surface area contributed by atoms with E-state index in [1.807, 2.05) is 0 Å². The van der Waals surface area contributed by atoms with Gasteiger partial charge in [-0.15, -0.1) is 0 Å². The average Bonchev–Trinajstić information content (AvgIpc) is 2.70. The van der Waals surface area contributed by atoms with Gasteiger partial charge in [-0.2, -0.15) is 0 Å². The van der Waals surface area contributed by atoms with Crippen LogP contribution in [0, 0.1) is 16.2 Å². The van der Waals surface area contributed by atoms with Crippen LogP contribution >= 0.6 is 0 Å². The third-order valence-corrected chi connectivity index (χ3v) is 4.96. The van der Waals surface area contributed by atoms with Gasteiger partial charge in [-0.1, -0.05) is 33.3 Å². The standard InChI is InChI=1S/C14H22O/c1-11(15)6-9-14-10-13(14,4)8-5-7-12(14,2)3/h6,9H,5,7-8,10H2,1-4H3/b9-6+/t13-,14-/m0/s1. The highest BCUT2D eigenvalue weighted by Gasteiger charge is 2.69. The van der Waals surface area contributed by atoms with E-state index >= 15 is 0 Å². The highest BCUT2D eigenvalue weighted by molar-refractivity contribution is 5.87. The average molecular weight is 206 g/mol. The van der Waals surface area contributed by atoms with Gasteiger partial charge in [0.15, 0.2) is 5.78 Å². The van der Waals surface area contributed by atoms with Crippen molar-refractivity contribution in [3.05, 3.63) is 12.2 Å². The summed E-state index contributed by atoms with van der Waals surface area (Å²) in [4.78, 5) is 11.1. The number of ketones is 1. The largest absolute Gasteiger partial charge is 0.295 e.